The van der Waals surface area contributed by atoms with E-state index in [0.29, 0.717) is 17.7 Å². The first-order valence-corrected chi connectivity index (χ1v) is 7.59. The van der Waals surface area contributed by atoms with E-state index < -0.39 is 17.9 Å². The number of hydrogen-bond acceptors (Lipinski definition) is 7. The topological polar surface area (TPSA) is 94.8 Å². The van der Waals surface area contributed by atoms with E-state index in [-0.39, 0.29) is 30.1 Å². The van der Waals surface area contributed by atoms with Crippen LogP contribution in [0.15, 0.2) is 45.4 Å². The highest BCUT2D eigenvalue weighted by molar-refractivity contribution is 6.03. The molecule has 24 heavy (non-hydrogen) atoms. The van der Waals surface area contributed by atoms with Crippen molar-refractivity contribution < 1.29 is 28.3 Å². The molecule has 2 heterocycles. The zero-order chi connectivity index (χ0) is 17.7. The van der Waals surface area contributed by atoms with Crippen molar-refractivity contribution in [1.29, 1.82) is 0 Å². The van der Waals surface area contributed by atoms with Gasteiger partial charge in [0.2, 0.25) is 0 Å². The molecule has 1 aromatic heterocycles. The second-order valence-corrected chi connectivity index (χ2v) is 5.00. The van der Waals surface area contributed by atoms with Crippen LogP contribution in [0, 0.1) is 0 Å². The summed E-state index contributed by atoms with van der Waals surface area (Å²) >= 11 is 0. The Labute approximate surface area is 139 Å². The van der Waals surface area contributed by atoms with Crippen molar-refractivity contribution in [2.45, 2.75) is 26.7 Å². The third-order valence-corrected chi connectivity index (χ3v) is 3.53. The van der Waals surface area contributed by atoms with Gasteiger partial charge in [0.15, 0.2) is 6.29 Å². The molecule has 0 spiro atoms. The SMILES string of the molecule is CCOC(=O)C1=C(C)NC(C=O)=C(C(=O)OCC)C1c1ccco1. The van der Waals surface area contributed by atoms with Crippen LogP contribution in [0.3, 0.4) is 0 Å². The first kappa shape index (κ1) is 17.5. The van der Waals surface area contributed by atoms with E-state index in [1.165, 1.54) is 6.26 Å². The van der Waals surface area contributed by atoms with Crippen molar-refractivity contribution in [3.05, 3.63) is 46.7 Å². The molecule has 0 radical (unpaired) electrons. The van der Waals surface area contributed by atoms with E-state index in [0.717, 1.165) is 0 Å². The minimum Gasteiger partial charge on any atom is -0.468 e. The molecule has 2 rings (SSSR count). The van der Waals surface area contributed by atoms with Gasteiger partial charge in [-0.1, -0.05) is 0 Å². The predicted molar refractivity (Wildman–Crippen MR) is 83.6 cm³/mol. The number of esters is 2. The lowest BCUT2D eigenvalue weighted by molar-refractivity contribution is -0.139. The molecule has 0 bridgehead atoms. The van der Waals surface area contributed by atoms with E-state index in [9.17, 15) is 14.4 Å². The van der Waals surface area contributed by atoms with Crippen LogP contribution in [0.1, 0.15) is 32.4 Å². The second-order valence-electron chi connectivity index (χ2n) is 5.00. The van der Waals surface area contributed by atoms with E-state index in [1.807, 2.05) is 0 Å². The molecule has 7 heteroatoms. The number of furan rings is 1. The average Bonchev–Trinajstić information content (AvgIpc) is 3.08. The largest absolute Gasteiger partial charge is 0.468 e. The molecule has 1 N–H and O–H groups in total. The summed E-state index contributed by atoms with van der Waals surface area (Å²) in [4.78, 5) is 36.3. The summed E-state index contributed by atoms with van der Waals surface area (Å²) in [5, 5.41) is 2.78. The first-order valence-electron chi connectivity index (χ1n) is 7.59. The molecule has 1 aliphatic heterocycles. The van der Waals surface area contributed by atoms with Crippen molar-refractivity contribution in [2.75, 3.05) is 13.2 Å². The van der Waals surface area contributed by atoms with Crippen molar-refractivity contribution >= 4 is 18.2 Å². The normalized spacial score (nSPS) is 17.4. The van der Waals surface area contributed by atoms with Crippen LogP contribution in [0.2, 0.25) is 0 Å². The van der Waals surface area contributed by atoms with Crippen molar-refractivity contribution in [3.63, 3.8) is 0 Å². The number of carbonyl (C=O) groups excluding carboxylic acids is 3. The number of ether oxygens (including phenoxy) is 2. The van der Waals surface area contributed by atoms with Crippen LogP contribution < -0.4 is 5.32 Å². The maximum Gasteiger partial charge on any atom is 0.337 e. The van der Waals surface area contributed by atoms with Gasteiger partial charge in [0, 0.05) is 5.70 Å². The lowest BCUT2D eigenvalue weighted by Crippen LogP contribution is -2.33. The molecular formula is C17H19NO6. The van der Waals surface area contributed by atoms with Crippen molar-refractivity contribution in [2.24, 2.45) is 0 Å². The Balaban J connectivity index is 2.62. The highest BCUT2D eigenvalue weighted by atomic mass is 16.5. The van der Waals surface area contributed by atoms with E-state index in [4.69, 9.17) is 13.9 Å². The predicted octanol–water partition coefficient (Wildman–Crippen LogP) is 1.82. The van der Waals surface area contributed by atoms with Gasteiger partial charge in [-0.3, -0.25) is 4.79 Å². The van der Waals surface area contributed by atoms with Crippen LogP contribution in [0.4, 0.5) is 0 Å². The minimum atomic E-state index is -0.875. The summed E-state index contributed by atoms with van der Waals surface area (Å²) in [6.45, 7) is 5.29. The second kappa shape index (κ2) is 7.63. The summed E-state index contributed by atoms with van der Waals surface area (Å²) in [6, 6.07) is 3.27. The van der Waals surface area contributed by atoms with Crippen molar-refractivity contribution in [3.8, 4) is 0 Å². The Kier molecular flexibility index (Phi) is 5.57. The van der Waals surface area contributed by atoms with Crippen LogP contribution in [0.5, 0.6) is 0 Å². The fourth-order valence-corrected chi connectivity index (χ4v) is 2.60. The highest BCUT2D eigenvalue weighted by Gasteiger charge is 2.40. The van der Waals surface area contributed by atoms with Gasteiger partial charge in [-0.25, -0.2) is 9.59 Å². The van der Waals surface area contributed by atoms with Crippen LogP contribution in [-0.4, -0.2) is 31.4 Å². The smallest absolute Gasteiger partial charge is 0.337 e. The Morgan fingerprint density at radius 1 is 1.21 bits per heavy atom. The molecule has 1 unspecified atom stereocenters. The third-order valence-electron chi connectivity index (χ3n) is 3.53. The van der Waals surface area contributed by atoms with Crippen LogP contribution in [-0.2, 0) is 23.9 Å². The van der Waals surface area contributed by atoms with Crippen LogP contribution in [0.25, 0.3) is 0 Å². The number of nitrogens with one attached hydrogen (secondary N) is 1. The van der Waals surface area contributed by atoms with E-state index in [1.54, 1.807) is 32.9 Å². The summed E-state index contributed by atoms with van der Waals surface area (Å²) in [5.74, 6) is -1.81. The van der Waals surface area contributed by atoms with Gasteiger partial charge in [-0.2, -0.15) is 0 Å². The highest BCUT2D eigenvalue weighted by Crippen LogP contribution is 2.39. The van der Waals surface area contributed by atoms with Gasteiger partial charge in [-0.05, 0) is 32.9 Å². The Bertz CT molecular complexity index is 699. The standard InChI is InChI=1S/C17H19NO6/c1-4-22-16(20)13-10(3)18-11(9-19)14(17(21)23-5-2)15(13)12-7-6-8-24-12/h6-9,15,18H,4-5H2,1-3H3. The third kappa shape index (κ3) is 3.24. The molecule has 7 nitrogen and oxygen atoms in total. The molecule has 0 aliphatic carbocycles. The number of aldehydes is 1. The number of rotatable bonds is 6. The summed E-state index contributed by atoms with van der Waals surface area (Å²) < 4.78 is 15.6. The quantitative estimate of drug-likeness (QED) is 0.626. The van der Waals surface area contributed by atoms with Gasteiger partial charge >= 0.3 is 11.9 Å². The monoisotopic (exact) mass is 333 g/mol. The Morgan fingerprint density at radius 3 is 2.33 bits per heavy atom. The maximum absolute atomic E-state index is 12.4. The van der Waals surface area contributed by atoms with Gasteiger partial charge < -0.3 is 19.2 Å². The Hall–Kier alpha value is -2.83. The number of hydrogen-bond donors (Lipinski definition) is 1. The molecule has 0 fully saturated rings. The summed E-state index contributed by atoms with van der Waals surface area (Å²) in [5.41, 5.74) is 0.696. The zero-order valence-corrected chi connectivity index (χ0v) is 13.8. The van der Waals surface area contributed by atoms with Crippen molar-refractivity contribution in [1.82, 2.24) is 5.32 Å². The minimum absolute atomic E-state index is 0.0236. The van der Waals surface area contributed by atoms with E-state index >= 15 is 0 Å². The van der Waals surface area contributed by atoms with E-state index in [2.05, 4.69) is 5.32 Å². The average molecular weight is 333 g/mol. The van der Waals surface area contributed by atoms with Gasteiger partial charge in [0.05, 0.1) is 42.2 Å². The molecular weight excluding hydrogens is 314 g/mol. The zero-order valence-electron chi connectivity index (χ0n) is 13.8. The van der Waals surface area contributed by atoms with Gasteiger partial charge in [-0.15, -0.1) is 0 Å². The maximum atomic E-state index is 12.4. The number of carbonyl (C=O) groups is 3. The first-order chi connectivity index (χ1) is 11.5. The Morgan fingerprint density at radius 2 is 1.83 bits per heavy atom. The molecule has 0 aromatic carbocycles. The molecule has 1 aliphatic rings. The molecule has 0 saturated heterocycles. The van der Waals surface area contributed by atoms with Crippen LogP contribution >= 0.6 is 0 Å². The lowest BCUT2D eigenvalue weighted by atomic mass is 9.83. The lowest BCUT2D eigenvalue weighted by Gasteiger charge is -2.28. The van der Waals surface area contributed by atoms with Gasteiger partial charge in [0.1, 0.15) is 5.76 Å². The van der Waals surface area contributed by atoms with Gasteiger partial charge in [0.25, 0.3) is 0 Å². The molecule has 1 atom stereocenters. The molecule has 0 amide bonds. The fourth-order valence-electron chi connectivity index (χ4n) is 2.60. The molecule has 128 valence electrons. The fraction of sp³-hybridized carbons (Fsp3) is 0.353. The molecule has 0 saturated carbocycles. The summed E-state index contributed by atoms with van der Waals surface area (Å²) in [6.07, 6.45) is 1.95. The number of allylic oxidation sites excluding steroid dienone is 2. The summed E-state index contributed by atoms with van der Waals surface area (Å²) in [7, 11) is 0. The number of dihydropyridines is 1. The molecule has 1 aromatic rings.